The van der Waals surface area contributed by atoms with Crippen LogP contribution in [-0.4, -0.2) is 45.4 Å². The number of carbonyl (C=O) groups excluding carboxylic acids is 1. The summed E-state index contributed by atoms with van der Waals surface area (Å²) in [7, 11) is -0.890. The van der Waals surface area contributed by atoms with E-state index in [0.717, 1.165) is 12.8 Å². The molecule has 110 valence electrons. The van der Waals surface area contributed by atoms with Gasteiger partial charge in [0, 0.05) is 34.9 Å². The van der Waals surface area contributed by atoms with Gasteiger partial charge in [-0.15, -0.1) is 0 Å². The Morgan fingerprint density at radius 1 is 1.42 bits per heavy atom. The van der Waals surface area contributed by atoms with E-state index < -0.39 is 16.8 Å². The van der Waals surface area contributed by atoms with E-state index in [-0.39, 0.29) is 23.7 Å². The largest absolute Gasteiger partial charge is 0.481 e. The predicted octanol–water partition coefficient (Wildman–Crippen LogP) is 0.696. The van der Waals surface area contributed by atoms with Gasteiger partial charge >= 0.3 is 12.0 Å². The molecule has 1 aliphatic carbocycles. The lowest BCUT2D eigenvalue weighted by atomic mass is 10.1. The minimum atomic E-state index is -0.896. The van der Waals surface area contributed by atoms with Crippen molar-refractivity contribution in [3.63, 3.8) is 0 Å². The zero-order chi connectivity index (χ0) is 14.4. The molecular formula is C12H22N2O4S. The number of carbonyl (C=O) groups is 2. The van der Waals surface area contributed by atoms with Crippen LogP contribution >= 0.6 is 0 Å². The Balaban J connectivity index is 2.25. The number of nitrogens with one attached hydrogen (secondary N) is 2. The molecule has 2 amide bonds. The first-order valence-corrected chi connectivity index (χ1v) is 8.10. The minimum absolute atomic E-state index is 0.0343. The maximum Gasteiger partial charge on any atom is 0.315 e. The number of carboxylic acids is 1. The second-order valence-corrected chi connectivity index (χ2v) is 6.84. The van der Waals surface area contributed by atoms with Crippen molar-refractivity contribution in [1.82, 2.24) is 10.6 Å². The van der Waals surface area contributed by atoms with Gasteiger partial charge < -0.3 is 15.7 Å². The van der Waals surface area contributed by atoms with Gasteiger partial charge in [0.15, 0.2) is 0 Å². The molecule has 1 aliphatic rings. The third-order valence-corrected chi connectivity index (χ3v) is 4.67. The van der Waals surface area contributed by atoms with Gasteiger partial charge in [0.05, 0.1) is 6.42 Å². The molecule has 3 unspecified atom stereocenters. The molecule has 0 bridgehead atoms. The quantitative estimate of drug-likeness (QED) is 0.613. The Hall–Kier alpha value is -1.11. The van der Waals surface area contributed by atoms with E-state index in [0.29, 0.717) is 18.9 Å². The van der Waals surface area contributed by atoms with Gasteiger partial charge in [0.2, 0.25) is 0 Å². The Morgan fingerprint density at radius 3 is 2.53 bits per heavy atom. The third-order valence-electron chi connectivity index (χ3n) is 3.31. The van der Waals surface area contributed by atoms with Crippen LogP contribution in [0.4, 0.5) is 4.79 Å². The molecule has 6 nitrogen and oxygen atoms in total. The van der Waals surface area contributed by atoms with Crippen LogP contribution in [0.5, 0.6) is 0 Å². The van der Waals surface area contributed by atoms with Crippen molar-refractivity contribution in [3.05, 3.63) is 0 Å². The van der Waals surface area contributed by atoms with Crippen LogP contribution in [0.3, 0.4) is 0 Å². The number of hydrogen-bond acceptors (Lipinski definition) is 3. The van der Waals surface area contributed by atoms with E-state index in [1.165, 1.54) is 0 Å². The van der Waals surface area contributed by atoms with Crippen LogP contribution in [0.15, 0.2) is 0 Å². The van der Waals surface area contributed by atoms with Gasteiger partial charge in [0.25, 0.3) is 0 Å². The van der Waals surface area contributed by atoms with Crippen LogP contribution in [0, 0.1) is 5.92 Å². The van der Waals surface area contributed by atoms with Gasteiger partial charge in [0.1, 0.15) is 0 Å². The highest BCUT2D eigenvalue weighted by molar-refractivity contribution is 7.84. The van der Waals surface area contributed by atoms with E-state index >= 15 is 0 Å². The van der Waals surface area contributed by atoms with E-state index in [9.17, 15) is 13.8 Å². The summed E-state index contributed by atoms with van der Waals surface area (Å²) in [4.78, 5) is 22.3. The maximum atomic E-state index is 11.6. The molecule has 0 aromatic rings. The molecular weight excluding hydrogens is 268 g/mol. The summed E-state index contributed by atoms with van der Waals surface area (Å²) >= 11 is 0. The summed E-state index contributed by atoms with van der Waals surface area (Å²) in [5, 5.41) is 14.2. The van der Waals surface area contributed by atoms with Gasteiger partial charge in [-0.2, -0.15) is 0 Å². The van der Waals surface area contributed by atoms with Crippen LogP contribution in [0.1, 0.15) is 32.6 Å². The first-order chi connectivity index (χ1) is 8.90. The minimum Gasteiger partial charge on any atom is -0.481 e. The highest BCUT2D eigenvalue weighted by atomic mass is 32.2. The van der Waals surface area contributed by atoms with Gasteiger partial charge in [-0.1, -0.05) is 6.92 Å². The average Bonchev–Trinajstić information content (AvgIpc) is 3.10. The fourth-order valence-electron chi connectivity index (χ4n) is 1.80. The first kappa shape index (κ1) is 15.9. The summed E-state index contributed by atoms with van der Waals surface area (Å²) in [5.41, 5.74) is 0. The highest BCUT2D eigenvalue weighted by Crippen LogP contribution is 2.33. The second kappa shape index (κ2) is 7.47. The van der Waals surface area contributed by atoms with Gasteiger partial charge in [-0.05, 0) is 25.2 Å². The van der Waals surface area contributed by atoms with Gasteiger partial charge in [-0.3, -0.25) is 9.00 Å². The summed E-state index contributed by atoms with van der Waals surface area (Å²) < 4.78 is 11.1. The summed E-state index contributed by atoms with van der Waals surface area (Å²) in [6.45, 7) is 2.31. The summed E-state index contributed by atoms with van der Waals surface area (Å²) in [6, 6.07) is -0.623. The van der Waals surface area contributed by atoms with Crippen molar-refractivity contribution in [3.8, 4) is 0 Å². The fourth-order valence-corrected chi connectivity index (χ4v) is 2.25. The smallest absolute Gasteiger partial charge is 0.315 e. The van der Waals surface area contributed by atoms with Gasteiger partial charge in [-0.25, -0.2) is 4.79 Å². The van der Waals surface area contributed by atoms with Crippen LogP contribution in [0.25, 0.3) is 0 Å². The number of aliphatic carboxylic acids is 1. The number of hydrogen-bond donors (Lipinski definition) is 3. The van der Waals surface area contributed by atoms with Crippen LogP contribution in [0.2, 0.25) is 0 Å². The first-order valence-electron chi connectivity index (χ1n) is 6.48. The van der Waals surface area contributed by atoms with Crippen LogP contribution < -0.4 is 10.6 Å². The maximum absolute atomic E-state index is 11.6. The molecule has 1 rings (SSSR count). The fraction of sp³-hybridized carbons (Fsp3) is 0.833. The lowest BCUT2D eigenvalue weighted by Crippen LogP contribution is -2.44. The molecule has 0 radical (unpaired) electrons. The second-order valence-electron chi connectivity index (χ2n) is 5.04. The van der Waals surface area contributed by atoms with E-state index in [2.05, 4.69) is 10.6 Å². The Morgan fingerprint density at radius 2 is 2.05 bits per heavy atom. The number of carboxylic acid groups (broad SMARTS) is 1. The number of urea groups is 1. The molecule has 1 fully saturated rings. The molecule has 7 heteroatoms. The van der Waals surface area contributed by atoms with Crippen LogP contribution in [-0.2, 0) is 15.6 Å². The average molecular weight is 290 g/mol. The van der Waals surface area contributed by atoms with E-state index in [4.69, 9.17) is 5.11 Å². The van der Waals surface area contributed by atoms with E-state index in [1.807, 2.05) is 6.92 Å². The Bertz CT molecular complexity index is 358. The molecule has 0 heterocycles. The molecule has 3 atom stereocenters. The molecule has 3 N–H and O–H groups in total. The Labute approximate surface area is 115 Å². The molecule has 1 saturated carbocycles. The Kier molecular flexibility index (Phi) is 6.27. The zero-order valence-electron chi connectivity index (χ0n) is 11.3. The van der Waals surface area contributed by atoms with Crippen molar-refractivity contribution in [2.75, 3.05) is 12.8 Å². The lowest BCUT2D eigenvalue weighted by molar-refractivity contribution is -0.137. The molecule has 0 saturated heterocycles. The SMILES string of the molecule is CC(CCNC(=O)NC(CC(=O)O)C1CC1)S(C)=O. The highest BCUT2D eigenvalue weighted by Gasteiger charge is 2.33. The monoisotopic (exact) mass is 290 g/mol. The molecule has 0 aliphatic heterocycles. The topological polar surface area (TPSA) is 95.5 Å². The van der Waals surface area contributed by atoms with E-state index in [1.54, 1.807) is 6.26 Å². The molecule has 19 heavy (non-hydrogen) atoms. The van der Waals surface area contributed by atoms with Crippen molar-refractivity contribution < 1.29 is 18.9 Å². The lowest BCUT2D eigenvalue weighted by Gasteiger charge is -2.17. The zero-order valence-corrected chi connectivity index (χ0v) is 12.2. The summed E-state index contributed by atoms with van der Waals surface area (Å²) in [5.74, 6) is -0.601. The summed E-state index contributed by atoms with van der Waals surface area (Å²) in [6.07, 6.45) is 4.20. The van der Waals surface area contributed by atoms with Crippen molar-refractivity contribution in [2.45, 2.75) is 43.9 Å². The molecule has 0 aromatic heterocycles. The number of amides is 2. The predicted molar refractivity (Wildman–Crippen MR) is 73.4 cm³/mol. The normalized spacial score (nSPS) is 19.3. The van der Waals surface area contributed by atoms with Crippen molar-refractivity contribution >= 4 is 22.8 Å². The van der Waals surface area contributed by atoms with Crippen molar-refractivity contribution in [2.24, 2.45) is 5.92 Å². The number of rotatable bonds is 8. The third kappa shape index (κ3) is 6.56. The van der Waals surface area contributed by atoms with Crippen molar-refractivity contribution in [1.29, 1.82) is 0 Å². The molecule has 0 aromatic carbocycles. The molecule has 0 spiro atoms. The standard InChI is InChI=1S/C12H22N2O4S/c1-8(19(2)18)5-6-13-12(17)14-10(7-11(15)16)9-3-4-9/h8-10H,3-7H2,1-2H3,(H,15,16)(H2,13,14,17).